The van der Waals surface area contributed by atoms with Crippen LogP contribution in [0.3, 0.4) is 0 Å². The summed E-state index contributed by atoms with van der Waals surface area (Å²) in [7, 11) is 0. The van der Waals surface area contributed by atoms with Gasteiger partial charge < -0.3 is 10.1 Å². The number of rotatable bonds is 4. The Kier molecular flexibility index (Phi) is 5.56. The first kappa shape index (κ1) is 18.0. The molecule has 5 nitrogen and oxygen atoms in total. The van der Waals surface area contributed by atoms with Gasteiger partial charge in [0.15, 0.2) is 0 Å². The first-order valence-electron chi connectivity index (χ1n) is 8.89. The van der Waals surface area contributed by atoms with E-state index in [1.54, 1.807) is 0 Å². The van der Waals surface area contributed by atoms with Crippen molar-refractivity contribution in [1.82, 2.24) is 4.90 Å². The maximum atomic E-state index is 12.7. The normalized spacial score (nSPS) is 16.4. The van der Waals surface area contributed by atoms with E-state index in [1.165, 1.54) is 4.90 Å². The van der Waals surface area contributed by atoms with Crippen LogP contribution < -0.4 is 5.32 Å². The molecule has 0 aromatic heterocycles. The van der Waals surface area contributed by atoms with Crippen LogP contribution in [0.1, 0.15) is 29.5 Å². The topological polar surface area (TPSA) is 58.6 Å². The van der Waals surface area contributed by atoms with E-state index in [2.05, 4.69) is 11.4 Å². The molecule has 3 rings (SSSR count). The first-order chi connectivity index (χ1) is 12.5. The minimum atomic E-state index is -0.487. The quantitative estimate of drug-likeness (QED) is 0.903. The molecule has 1 aliphatic heterocycles. The van der Waals surface area contributed by atoms with E-state index in [-0.39, 0.29) is 12.5 Å². The Morgan fingerprint density at radius 2 is 1.81 bits per heavy atom. The number of hydrogen-bond acceptors (Lipinski definition) is 3. The summed E-state index contributed by atoms with van der Waals surface area (Å²) in [5.41, 5.74) is 3.87. The molecule has 2 aromatic carbocycles. The molecular formula is C21H24N2O3. The van der Waals surface area contributed by atoms with Gasteiger partial charge in [-0.2, -0.15) is 0 Å². The number of aryl methyl sites for hydroxylation is 2. The zero-order valence-corrected chi connectivity index (χ0v) is 15.2. The van der Waals surface area contributed by atoms with Gasteiger partial charge in [-0.1, -0.05) is 36.4 Å². The average Bonchev–Trinajstić information content (AvgIpc) is 3.09. The maximum Gasteiger partial charge on any atom is 0.410 e. The van der Waals surface area contributed by atoms with Crippen LogP contribution in [0.15, 0.2) is 48.5 Å². The van der Waals surface area contributed by atoms with Gasteiger partial charge >= 0.3 is 6.09 Å². The number of benzene rings is 2. The number of ether oxygens (including phenoxy) is 1. The predicted octanol–water partition coefficient (Wildman–Crippen LogP) is 4.04. The molecule has 0 aliphatic carbocycles. The van der Waals surface area contributed by atoms with E-state index in [9.17, 15) is 9.59 Å². The summed E-state index contributed by atoms with van der Waals surface area (Å²) in [5.74, 6) is -0.163. The number of nitrogens with one attached hydrogen (secondary N) is 1. The minimum absolute atomic E-state index is 0.163. The van der Waals surface area contributed by atoms with Gasteiger partial charge in [-0.15, -0.1) is 0 Å². The lowest BCUT2D eigenvalue weighted by Gasteiger charge is -2.23. The van der Waals surface area contributed by atoms with E-state index in [0.717, 1.165) is 28.8 Å². The molecule has 1 unspecified atom stereocenters. The van der Waals surface area contributed by atoms with Crippen LogP contribution in [-0.2, 0) is 16.1 Å². The number of hydrogen-bond donors (Lipinski definition) is 1. The molecule has 1 fully saturated rings. The lowest BCUT2D eigenvalue weighted by Crippen LogP contribution is -2.43. The summed E-state index contributed by atoms with van der Waals surface area (Å²) in [4.78, 5) is 26.6. The first-order valence-corrected chi connectivity index (χ1v) is 8.89. The Morgan fingerprint density at radius 1 is 1.12 bits per heavy atom. The zero-order valence-electron chi connectivity index (χ0n) is 15.2. The van der Waals surface area contributed by atoms with Crippen molar-refractivity contribution in [2.24, 2.45) is 0 Å². The van der Waals surface area contributed by atoms with Crippen molar-refractivity contribution in [1.29, 1.82) is 0 Å². The molecule has 1 saturated heterocycles. The molecule has 2 aromatic rings. The van der Waals surface area contributed by atoms with Crippen molar-refractivity contribution >= 4 is 17.7 Å². The molecule has 26 heavy (non-hydrogen) atoms. The van der Waals surface area contributed by atoms with Crippen LogP contribution in [0.25, 0.3) is 0 Å². The van der Waals surface area contributed by atoms with Crippen molar-refractivity contribution in [3.8, 4) is 0 Å². The molecule has 0 radical (unpaired) electrons. The molecular weight excluding hydrogens is 328 g/mol. The van der Waals surface area contributed by atoms with Crippen molar-refractivity contribution in [2.45, 2.75) is 39.3 Å². The fourth-order valence-corrected chi connectivity index (χ4v) is 3.33. The zero-order chi connectivity index (χ0) is 18.5. The van der Waals surface area contributed by atoms with Crippen molar-refractivity contribution < 1.29 is 14.3 Å². The highest BCUT2D eigenvalue weighted by Gasteiger charge is 2.35. The monoisotopic (exact) mass is 352 g/mol. The second-order valence-corrected chi connectivity index (χ2v) is 6.76. The molecule has 0 spiro atoms. The van der Waals surface area contributed by atoms with Crippen LogP contribution in [0, 0.1) is 13.8 Å². The third-order valence-corrected chi connectivity index (χ3v) is 4.48. The second kappa shape index (κ2) is 8.04. The Bertz CT molecular complexity index is 769. The van der Waals surface area contributed by atoms with Crippen molar-refractivity contribution in [3.63, 3.8) is 0 Å². The van der Waals surface area contributed by atoms with Gasteiger partial charge in [-0.05, 0) is 55.5 Å². The molecule has 1 atom stereocenters. The predicted molar refractivity (Wildman–Crippen MR) is 101 cm³/mol. The fraction of sp³-hybridized carbons (Fsp3) is 0.333. The standard InChI is InChI=1S/C21H24N2O3/c1-15-11-16(2)13-18(12-15)22-20(24)19-9-6-10-23(19)21(25)26-14-17-7-4-3-5-8-17/h3-5,7-8,11-13,19H,6,9-10,14H2,1-2H3,(H,22,24). The molecule has 1 aliphatic rings. The van der Waals surface area contributed by atoms with E-state index in [4.69, 9.17) is 4.74 Å². The van der Waals surface area contributed by atoms with Crippen LogP contribution >= 0.6 is 0 Å². The molecule has 0 saturated carbocycles. The van der Waals surface area contributed by atoms with E-state index < -0.39 is 12.1 Å². The summed E-state index contributed by atoms with van der Waals surface area (Å²) >= 11 is 0. The van der Waals surface area contributed by atoms with Gasteiger partial charge in [-0.25, -0.2) is 4.79 Å². The van der Waals surface area contributed by atoms with Crippen LogP contribution in [0.2, 0.25) is 0 Å². The lowest BCUT2D eigenvalue weighted by atomic mass is 10.1. The third kappa shape index (κ3) is 4.42. The molecule has 2 amide bonds. The van der Waals surface area contributed by atoms with Gasteiger partial charge in [-0.3, -0.25) is 9.69 Å². The molecule has 0 bridgehead atoms. The van der Waals surface area contributed by atoms with Gasteiger partial charge in [0.2, 0.25) is 5.91 Å². The maximum absolute atomic E-state index is 12.7. The van der Waals surface area contributed by atoms with Gasteiger partial charge in [0.05, 0.1) is 0 Å². The van der Waals surface area contributed by atoms with Crippen molar-refractivity contribution in [3.05, 3.63) is 65.2 Å². The lowest BCUT2D eigenvalue weighted by molar-refractivity contribution is -0.120. The molecule has 136 valence electrons. The molecule has 1 heterocycles. The minimum Gasteiger partial charge on any atom is -0.445 e. The molecule has 5 heteroatoms. The van der Waals surface area contributed by atoms with Gasteiger partial charge in [0.25, 0.3) is 0 Å². The van der Waals surface area contributed by atoms with Gasteiger partial charge in [0, 0.05) is 12.2 Å². The Balaban J connectivity index is 1.61. The highest BCUT2D eigenvalue weighted by Crippen LogP contribution is 2.21. The van der Waals surface area contributed by atoms with Gasteiger partial charge in [0.1, 0.15) is 12.6 Å². The van der Waals surface area contributed by atoms with E-state index >= 15 is 0 Å². The highest BCUT2D eigenvalue weighted by atomic mass is 16.6. The average molecular weight is 352 g/mol. The number of nitrogens with zero attached hydrogens (tertiary/aromatic N) is 1. The van der Waals surface area contributed by atoms with Crippen LogP contribution in [-0.4, -0.2) is 29.5 Å². The van der Waals surface area contributed by atoms with E-state index in [0.29, 0.717) is 13.0 Å². The summed E-state index contributed by atoms with van der Waals surface area (Å²) in [5, 5.41) is 2.94. The summed E-state index contributed by atoms with van der Waals surface area (Å²) < 4.78 is 5.39. The number of carbonyl (C=O) groups excluding carboxylic acids is 2. The summed E-state index contributed by atoms with van der Waals surface area (Å²) in [6.07, 6.45) is 1.01. The summed E-state index contributed by atoms with van der Waals surface area (Å²) in [6, 6.07) is 15.0. The Morgan fingerprint density at radius 3 is 2.50 bits per heavy atom. The van der Waals surface area contributed by atoms with Crippen LogP contribution in [0.4, 0.5) is 10.5 Å². The SMILES string of the molecule is Cc1cc(C)cc(NC(=O)C2CCCN2C(=O)OCc2ccccc2)c1. The Hall–Kier alpha value is -2.82. The fourth-order valence-electron chi connectivity index (χ4n) is 3.33. The smallest absolute Gasteiger partial charge is 0.410 e. The van der Waals surface area contributed by atoms with Crippen molar-refractivity contribution in [2.75, 3.05) is 11.9 Å². The van der Waals surface area contributed by atoms with E-state index in [1.807, 2.05) is 56.3 Å². The largest absolute Gasteiger partial charge is 0.445 e. The second-order valence-electron chi connectivity index (χ2n) is 6.76. The number of carbonyl (C=O) groups is 2. The molecule has 1 N–H and O–H groups in total. The number of amides is 2. The Labute approximate surface area is 154 Å². The number of likely N-dealkylation sites (tertiary alicyclic amines) is 1. The third-order valence-electron chi connectivity index (χ3n) is 4.48. The highest BCUT2D eigenvalue weighted by molar-refractivity contribution is 5.97. The van der Waals surface area contributed by atoms with Crippen LogP contribution in [0.5, 0.6) is 0 Å². The number of anilines is 1. The summed E-state index contributed by atoms with van der Waals surface area (Å²) in [6.45, 7) is 4.73.